The molecular weight excluding hydrogens is 1390 g/mol. The molecule has 106 heavy (non-hydrogen) atoms. The van der Waals surface area contributed by atoms with Gasteiger partial charge in [0.1, 0.15) is 17.5 Å². The summed E-state index contributed by atoms with van der Waals surface area (Å²) < 4.78 is 61.7. The number of hydrogen-bond acceptors (Lipinski definition) is 22. The van der Waals surface area contributed by atoms with Gasteiger partial charge in [0.05, 0.1) is 73.5 Å². The fourth-order valence-electron chi connectivity index (χ4n) is 13.4. The second kappa shape index (κ2) is 31.5. The summed E-state index contributed by atoms with van der Waals surface area (Å²) in [5, 5.41) is 64.6. The van der Waals surface area contributed by atoms with Gasteiger partial charge >= 0.3 is 0 Å². The van der Waals surface area contributed by atoms with E-state index < -0.39 is 37.9 Å². The molecule has 1 aliphatic carbocycles. The Morgan fingerprint density at radius 3 is 1.27 bits per heavy atom. The topological polar surface area (TPSA) is 356 Å². The zero-order valence-corrected chi connectivity index (χ0v) is 62.0. The molecule has 3 aromatic carbocycles. The first kappa shape index (κ1) is 73.6. The maximum absolute atomic E-state index is 11.9. The molecular formula is C74H87N23O7S2. The highest BCUT2D eigenvalue weighted by Gasteiger charge is 2.36. The van der Waals surface area contributed by atoms with Crippen molar-refractivity contribution in [1.29, 1.82) is 0 Å². The molecule has 3 aliphatic rings. The van der Waals surface area contributed by atoms with Crippen molar-refractivity contribution >= 4 is 37.5 Å². The maximum Gasteiger partial charge on any atom is 0.211 e. The maximum atomic E-state index is 11.9. The highest BCUT2D eigenvalue weighted by molar-refractivity contribution is 7.88. The molecule has 11 heterocycles. The molecule has 30 nitrogen and oxygen atoms in total. The van der Waals surface area contributed by atoms with Gasteiger partial charge in [0.25, 0.3) is 0 Å². The number of aryl methyl sites for hydroxylation is 6. The first-order valence-electron chi connectivity index (χ1n) is 35.0. The van der Waals surface area contributed by atoms with Crippen molar-refractivity contribution < 1.29 is 32.2 Å². The van der Waals surface area contributed by atoms with Crippen LogP contribution < -0.4 is 20.3 Å². The lowest BCUT2D eigenvalue weighted by molar-refractivity contribution is 0.00722. The van der Waals surface area contributed by atoms with E-state index in [9.17, 15) is 32.2 Å². The standard InChI is InChI=1S/C25H30N8O3S.C25H29N7O2.C24H28N8O2S/c1-31-15-20(12-28-31)18-5-4-6-19(11-18)23-26-14-22(21-13-29-32(2)16-21)24(30-23)27-17-25(34)7-9-33(10-8-25)37(3,35)36;1-31-14-18(11-27-31)16-6-5-7-17(10-16)24-26-13-20(19-12-28-32(2)15-19)25(30-24)29-21-8-3-4-9-22(33)23(21)34;1-30-15-19(12-26-30)17-5-4-6-18(11-17)23-25-14-22(20-13-27-31(2)16-20)24(28-23)32-9-7-21(8-10-32)29-35(3,33)34/h4-6,11-16,34H,7-10,17H2,1-3H3,(H,26,27,30);5-7,10-15,21-23,33-34H,3-4,8-9H2,1-2H3,(H,26,29,30);4-6,11-16,21,29H,7-10H2,1-3H3/t;21-,22-,23+;/m.0./s1. The minimum atomic E-state index is -3.28. The molecule has 0 radical (unpaired) electrons. The summed E-state index contributed by atoms with van der Waals surface area (Å²) in [7, 11) is 4.74. The van der Waals surface area contributed by atoms with E-state index in [2.05, 4.69) is 66.9 Å². The van der Waals surface area contributed by atoms with Crippen LogP contribution in [0.4, 0.5) is 17.5 Å². The Kier molecular flexibility index (Phi) is 21.9. The van der Waals surface area contributed by atoms with E-state index in [1.54, 1.807) is 52.9 Å². The van der Waals surface area contributed by atoms with E-state index in [4.69, 9.17) is 19.9 Å². The van der Waals surface area contributed by atoms with Gasteiger partial charge < -0.3 is 30.9 Å². The SMILES string of the molecule is Cn1cc(-c2cccc(-c3ncc(-c4cnn(C)c4)c(N4CCC(NS(C)(=O)=O)CC4)n3)c2)cn1.Cn1cc(-c2cccc(-c3ncc(-c4cnn(C)c4)c(NCC4(O)CCN(S(C)(=O)=O)CC4)n3)c2)cn1.Cn1cc(-c2cccc(-c3ncc(-c4cnn(C)c4)c(N[C@H]4CCCC[C@H](O)[C@@H]4O)n3)c2)cn1. The molecule has 0 bridgehead atoms. The van der Waals surface area contributed by atoms with E-state index in [1.165, 1.54) is 16.8 Å². The summed E-state index contributed by atoms with van der Waals surface area (Å²) in [5.41, 5.74) is 12.8. The molecule has 9 aromatic heterocycles. The van der Waals surface area contributed by atoms with Gasteiger partial charge in [-0.1, -0.05) is 67.4 Å². The normalized spacial score (nSPS) is 17.2. The molecule has 1 saturated carbocycles. The van der Waals surface area contributed by atoms with Crippen molar-refractivity contribution in [1.82, 2.24) is 97.6 Å². The summed E-state index contributed by atoms with van der Waals surface area (Å²) in [4.78, 5) is 30.9. The summed E-state index contributed by atoms with van der Waals surface area (Å²) >= 11 is 0. The van der Waals surface area contributed by atoms with Crippen LogP contribution in [0.2, 0.25) is 0 Å². The van der Waals surface area contributed by atoms with Crippen LogP contribution in [0.25, 0.3) is 101 Å². The van der Waals surface area contributed by atoms with E-state index >= 15 is 0 Å². The van der Waals surface area contributed by atoms with Crippen molar-refractivity contribution in [2.75, 3.05) is 60.8 Å². The van der Waals surface area contributed by atoms with E-state index in [0.717, 1.165) is 109 Å². The molecule has 0 unspecified atom stereocenters. The molecule has 2 saturated heterocycles. The third-order valence-electron chi connectivity index (χ3n) is 19.1. The predicted molar refractivity (Wildman–Crippen MR) is 406 cm³/mol. The Bertz CT molecular complexity index is 5280. The number of rotatable bonds is 18. The van der Waals surface area contributed by atoms with Crippen LogP contribution in [-0.4, -0.2) is 200 Å². The number of sulfonamides is 2. The lowest BCUT2D eigenvalue weighted by Crippen LogP contribution is -2.49. The summed E-state index contributed by atoms with van der Waals surface area (Å²) in [5.74, 6) is 3.76. The minimum absolute atomic E-state index is 0.0689. The number of anilines is 3. The highest BCUT2D eigenvalue weighted by Crippen LogP contribution is 2.37. The molecule has 3 fully saturated rings. The average molecular weight is 1470 g/mol. The van der Waals surface area contributed by atoms with Gasteiger partial charge in [-0.2, -0.15) is 30.6 Å². The molecule has 15 rings (SSSR count). The molecule has 552 valence electrons. The smallest absolute Gasteiger partial charge is 0.211 e. The van der Waals surface area contributed by atoms with Crippen LogP contribution in [0.5, 0.6) is 0 Å². The fraction of sp³-hybridized carbons (Fsp3) is 0.351. The lowest BCUT2D eigenvalue weighted by atomic mass is 9.92. The average Bonchev–Trinajstić information content (AvgIpc) is 1.84. The largest absolute Gasteiger partial charge is 0.390 e. The Hall–Kier alpha value is -10.7. The van der Waals surface area contributed by atoms with Gasteiger partial charge in [-0.25, -0.2) is 55.8 Å². The first-order valence-corrected chi connectivity index (χ1v) is 38.7. The summed E-state index contributed by atoms with van der Waals surface area (Å²) in [6.07, 6.45) is 33.9. The molecule has 0 spiro atoms. The van der Waals surface area contributed by atoms with Gasteiger partial charge in [-0.05, 0) is 73.4 Å². The Balaban J connectivity index is 0.000000141. The zero-order valence-electron chi connectivity index (χ0n) is 60.3. The van der Waals surface area contributed by atoms with Crippen LogP contribution in [0, 0.1) is 0 Å². The van der Waals surface area contributed by atoms with Crippen molar-refractivity contribution in [2.24, 2.45) is 42.3 Å². The highest BCUT2D eigenvalue weighted by atomic mass is 32.2. The van der Waals surface area contributed by atoms with E-state index in [1.807, 2.05) is 177 Å². The zero-order chi connectivity index (χ0) is 74.4. The number of nitrogens with one attached hydrogen (secondary N) is 3. The number of hydrogen-bond donors (Lipinski definition) is 6. The van der Waals surface area contributed by atoms with Gasteiger partial charge in [-0.3, -0.25) is 28.1 Å². The lowest BCUT2D eigenvalue weighted by Gasteiger charge is -2.37. The third-order valence-corrected chi connectivity index (χ3v) is 21.2. The van der Waals surface area contributed by atoms with E-state index in [-0.39, 0.29) is 31.7 Å². The van der Waals surface area contributed by atoms with Gasteiger partial charge in [-0.15, -0.1) is 0 Å². The number of aromatic nitrogens is 18. The molecule has 12 aromatic rings. The van der Waals surface area contributed by atoms with Crippen LogP contribution in [-0.2, 0) is 62.3 Å². The van der Waals surface area contributed by atoms with Crippen molar-refractivity contribution in [3.05, 3.63) is 166 Å². The summed E-state index contributed by atoms with van der Waals surface area (Å²) in [6, 6.07) is 23.7. The number of aliphatic hydroxyl groups excluding tert-OH is 2. The van der Waals surface area contributed by atoms with Gasteiger partial charge in [0.2, 0.25) is 20.0 Å². The fourth-order valence-corrected chi connectivity index (χ4v) is 15.1. The number of piperidine rings is 2. The predicted octanol–water partition coefficient (Wildman–Crippen LogP) is 7.63. The second-order valence-corrected chi connectivity index (χ2v) is 31.2. The van der Waals surface area contributed by atoms with E-state index in [0.29, 0.717) is 74.3 Å². The van der Waals surface area contributed by atoms with Gasteiger partial charge in [0.15, 0.2) is 17.5 Å². The van der Waals surface area contributed by atoms with Crippen molar-refractivity contribution in [3.63, 3.8) is 0 Å². The van der Waals surface area contributed by atoms with Crippen LogP contribution in [0.1, 0.15) is 51.4 Å². The van der Waals surface area contributed by atoms with Crippen LogP contribution >= 0.6 is 0 Å². The number of aliphatic hydroxyl groups is 3. The Morgan fingerprint density at radius 2 is 0.849 bits per heavy atom. The second-order valence-electron chi connectivity index (χ2n) is 27.5. The van der Waals surface area contributed by atoms with Crippen LogP contribution in [0.3, 0.4) is 0 Å². The Morgan fingerprint density at radius 1 is 0.462 bits per heavy atom. The molecule has 32 heteroatoms. The van der Waals surface area contributed by atoms with Crippen molar-refractivity contribution in [2.45, 2.75) is 81.3 Å². The van der Waals surface area contributed by atoms with Crippen molar-refractivity contribution in [3.8, 4) is 101 Å². The van der Waals surface area contributed by atoms with Crippen LogP contribution in [0.15, 0.2) is 166 Å². The molecule has 3 atom stereocenters. The molecule has 2 aliphatic heterocycles. The third kappa shape index (κ3) is 18.0. The number of benzene rings is 3. The number of nitrogens with zero attached hydrogens (tertiary/aromatic N) is 20. The molecule has 6 N–H and O–H groups in total. The quantitative estimate of drug-likeness (QED) is 0.0450. The molecule has 0 amide bonds. The minimum Gasteiger partial charge on any atom is -0.390 e. The Labute approximate surface area is 615 Å². The van der Waals surface area contributed by atoms with Gasteiger partial charge in [0, 0.05) is 204 Å². The summed E-state index contributed by atoms with van der Waals surface area (Å²) in [6.45, 7) is 2.16. The first-order chi connectivity index (χ1) is 50.8. The monoisotopic (exact) mass is 1470 g/mol.